The molecule has 0 saturated carbocycles. The molecule has 0 amide bonds. The number of halogens is 4. The quantitative estimate of drug-likeness (QED) is 0.563. The highest BCUT2D eigenvalue weighted by Gasteiger charge is 2.38. The maximum absolute atomic E-state index is 13.2. The van der Waals surface area contributed by atoms with Crippen LogP contribution in [-0.4, -0.2) is 16.2 Å². The molecule has 3 aromatic rings. The molecule has 0 bridgehead atoms. The van der Waals surface area contributed by atoms with Crippen molar-refractivity contribution >= 4 is 34.3 Å². The summed E-state index contributed by atoms with van der Waals surface area (Å²) in [4.78, 5) is 11.6. The molecule has 3 rings (SSSR count). The molecule has 2 heterocycles. The highest BCUT2D eigenvalue weighted by molar-refractivity contribution is 7.18. The number of aromatic nitrogens is 2. The number of hydrogen-bond acceptors (Lipinski definition) is 4. The SMILES string of the molecule is FC(F)(F)c1nc(/N=C/c2ccc(Cl)cc2)sc1-c1ccccn1. The monoisotopic (exact) mass is 367 g/mol. The summed E-state index contributed by atoms with van der Waals surface area (Å²) in [6, 6.07) is 11.5. The lowest BCUT2D eigenvalue weighted by Crippen LogP contribution is -2.07. The second kappa shape index (κ2) is 6.70. The number of benzene rings is 1. The molecule has 0 aliphatic heterocycles. The number of hydrogen-bond donors (Lipinski definition) is 0. The Hall–Kier alpha value is -2.25. The van der Waals surface area contributed by atoms with Gasteiger partial charge >= 0.3 is 6.18 Å². The van der Waals surface area contributed by atoms with Crippen molar-refractivity contribution in [3.8, 4) is 10.6 Å². The van der Waals surface area contributed by atoms with E-state index in [-0.39, 0.29) is 15.7 Å². The van der Waals surface area contributed by atoms with Crippen molar-refractivity contribution in [2.24, 2.45) is 4.99 Å². The molecule has 2 aromatic heterocycles. The molecule has 0 aliphatic carbocycles. The van der Waals surface area contributed by atoms with Crippen molar-refractivity contribution in [1.82, 2.24) is 9.97 Å². The van der Waals surface area contributed by atoms with Crippen LogP contribution in [0.1, 0.15) is 11.3 Å². The third kappa shape index (κ3) is 3.80. The van der Waals surface area contributed by atoms with Gasteiger partial charge in [0.1, 0.15) is 0 Å². The van der Waals surface area contributed by atoms with Crippen LogP contribution in [0.3, 0.4) is 0 Å². The zero-order valence-corrected chi connectivity index (χ0v) is 13.5. The van der Waals surface area contributed by atoms with E-state index in [4.69, 9.17) is 11.6 Å². The lowest BCUT2D eigenvalue weighted by Gasteiger charge is -2.04. The van der Waals surface area contributed by atoms with E-state index in [1.807, 2.05) is 0 Å². The first-order valence-electron chi connectivity index (χ1n) is 6.72. The molecule has 122 valence electrons. The molecular weight excluding hydrogens is 359 g/mol. The Balaban J connectivity index is 1.98. The van der Waals surface area contributed by atoms with Gasteiger partial charge in [0.05, 0.1) is 10.6 Å². The topological polar surface area (TPSA) is 38.1 Å². The van der Waals surface area contributed by atoms with Crippen molar-refractivity contribution < 1.29 is 13.2 Å². The number of nitrogens with zero attached hydrogens (tertiary/aromatic N) is 3. The molecule has 1 aromatic carbocycles. The average Bonchev–Trinajstić information content (AvgIpc) is 3.00. The number of alkyl halides is 3. The number of pyridine rings is 1. The molecule has 0 atom stereocenters. The van der Waals surface area contributed by atoms with Gasteiger partial charge in [0.15, 0.2) is 5.69 Å². The standard InChI is InChI=1S/C16H9ClF3N3S/c17-11-6-4-10(5-7-11)9-22-15-23-14(16(18,19)20)13(24-15)12-3-1-2-8-21-12/h1-9H/b22-9+. The van der Waals surface area contributed by atoms with Gasteiger partial charge in [-0.05, 0) is 29.8 Å². The van der Waals surface area contributed by atoms with Crippen molar-refractivity contribution in [3.05, 3.63) is 64.9 Å². The van der Waals surface area contributed by atoms with Gasteiger partial charge in [-0.3, -0.25) is 4.98 Å². The largest absolute Gasteiger partial charge is 0.434 e. The normalized spacial score (nSPS) is 12.0. The molecule has 0 fully saturated rings. The fraction of sp³-hybridized carbons (Fsp3) is 0.0625. The van der Waals surface area contributed by atoms with Gasteiger partial charge in [0, 0.05) is 17.4 Å². The molecule has 0 unspecified atom stereocenters. The first-order chi connectivity index (χ1) is 11.4. The molecule has 0 aliphatic rings. The van der Waals surface area contributed by atoms with Gasteiger partial charge in [-0.2, -0.15) is 13.2 Å². The van der Waals surface area contributed by atoms with Gasteiger partial charge in [-0.15, -0.1) is 0 Å². The van der Waals surface area contributed by atoms with Crippen LogP contribution in [0, 0.1) is 0 Å². The predicted molar refractivity (Wildman–Crippen MR) is 89.1 cm³/mol. The van der Waals surface area contributed by atoms with E-state index in [0.717, 1.165) is 11.3 Å². The van der Waals surface area contributed by atoms with Crippen LogP contribution < -0.4 is 0 Å². The van der Waals surface area contributed by atoms with Crippen molar-refractivity contribution in [2.75, 3.05) is 0 Å². The lowest BCUT2D eigenvalue weighted by atomic mass is 10.2. The Kier molecular flexibility index (Phi) is 4.64. The summed E-state index contributed by atoms with van der Waals surface area (Å²) in [5, 5.41) is 0.580. The lowest BCUT2D eigenvalue weighted by molar-refractivity contribution is -0.140. The molecule has 24 heavy (non-hydrogen) atoms. The zero-order chi connectivity index (χ0) is 17.2. The maximum atomic E-state index is 13.2. The maximum Gasteiger partial charge on any atom is 0.434 e. The summed E-state index contributed by atoms with van der Waals surface area (Å²) in [6.07, 6.45) is -1.69. The summed E-state index contributed by atoms with van der Waals surface area (Å²) < 4.78 is 39.6. The molecule has 0 saturated heterocycles. The van der Waals surface area contributed by atoms with E-state index in [1.54, 1.807) is 36.4 Å². The van der Waals surface area contributed by atoms with Crippen LogP contribution in [-0.2, 0) is 6.18 Å². The van der Waals surface area contributed by atoms with Crippen LogP contribution in [0.4, 0.5) is 18.3 Å². The van der Waals surface area contributed by atoms with Gasteiger partial charge < -0.3 is 0 Å². The smallest absolute Gasteiger partial charge is 0.255 e. The van der Waals surface area contributed by atoms with E-state index in [2.05, 4.69) is 15.0 Å². The average molecular weight is 368 g/mol. The van der Waals surface area contributed by atoms with E-state index < -0.39 is 11.9 Å². The van der Waals surface area contributed by atoms with Gasteiger partial charge in [-0.25, -0.2) is 9.98 Å². The predicted octanol–water partition coefficient (Wildman–Crippen LogP) is 5.63. The number of rotatable bonds is 3. The minimum absolute atomic E-state index is 0.0120. The first kappa shape index (κ1) is 16.6. The van der Waals surface area contributed by atoms with Crippen LogP contribution in [0.15, 0.2) is 53.7 Å². The Morgan fingerprint density at radius 2 is 1.83 bits per heavy atom. The van der Waals surface area contributed by atoms with E-state index >= 15 is 0 Å². The molecule has 0 N–H and O–H groups in total. The van der Waals surface area contributed by atoms with Crippen LogP contribution in [0.2, 0.25) is 5.02 Å². The summed E-state index contributed by atoms with van der Waals surface area (Å²) in [5.41, 5.74) is -0.0488. The molecule has 8 heteroatoms. The molecular formula is C16H9ClF3N3S. The minimum Gasteiger partial charge on any atom is -0.255 e. The number of thiazole rings is 1. The Bertz CT molecular complexity index is 859. The van der Waals surface area contributed by atoms with Gasteiger partial charge in [0.2, 0.25) is 5.13 Å². The Morgan fingerprint density at radius 1 is 1.08 bits per heavy atom. The van der Waals surface area contributed by atoms with E-state index in [1.165, 1.54) is 18.5 Å². The summed E-state index contributed by atoms with van der Waals surface area (Å²) in [6.45, 7) is 0. The van der Waals surface area contributed by atoms with E-state index in [0.29, 0.717) is 10.6 Å². The minimum atomic E-state index is -4.57. The van der Waals surface area contributed by atoms with Gasteiger partial charge in [0.25, 0.3) is 0 Å². The van der Waals surface area contributed by atoms with Crippen molar-refractivity contribution in [1.29, 1.82) is 0 Å². The zero-order valence-electron chi connectivity index (χ0n) is 12.0. The number of aliphatic imine (C=N–C) groups is 1. The Labute approximate surface area is 144 Å². The Morgan fingerprint density at radius 3 is 2.46 bits per heavy atom. The van der Waals surface area contributed by atoms with Crippen LogP contribution in [0.25, 0.3) is 10.6 Å². The van der Waals surface area contributed by atoms with Gasteiger partial charge in [-0.1, -0.05) is 41.1 Å². The highest BCUT2D eigenvalue weighted by atomic mass is 35.5. The fourth-order valence-corrected chi connectivity index (χ4v) is 2.94. The summed E-state index contributed by atoms with van der Waals surface area (Å²) in [7, 11) is 0. The second-order valence-corrected chi connectivity index (χ2v) is 6.11. The summed E-state index contributed by atoms with van der Waals surface area (Å²) in [5.74, 6) is 0. The fourth-order valence-electron chi connectivity index (χ4n) is 1.91. The molecule has 0 spiro atoms. The van der Waals surface area contributed by atoms with E-state index in [9.17, 15) is 13.2 Å². The second-order valence-electron chi connectivity index (χ2n) is 4.70. The van der Waals surface area contributed by atoms with Crippen LogP contribution >= 0.6 is 22.9 Å². The van der Waals surface area contributed by atoms with Crippen molar-refractivity contribution in [3.63, 3.8) is 0 Å². The molecule has 3 nitrogen and oxygen atoms in total. The van der Waals surface area contributed by atoms with Crippen molar-refractivity contribution in [2.45, 2.75) is 6.18 Å². The first-order valence-corrected chi connectivity index (χ1v) is 7.92. The van der Waals surface area contributed by atoms with Crippen LogP contribution in [0.5, 0.6) is 0 Å². The third-order valence-electron chi connectivity index (χ3n) is 2.98. The molecule has 0 radical (unpaired) electrons. The third-order valence-corrected chi connectivity index (χ3v) is 4.21. The highest BCUT2D eigenvalue weighted by Crippen LogP contribution is 2.41. The summed E-state index contributed by atoms with van der Waals surface area (Å²) >= 11 is 6.63.